The van der Waals surface area contributed by atoms with Crippen LogP contribution in [0.5, 0.6) is 0 Å². The number of aliphatic imine (C=N–C) groups is 1. The van der Waals surface area contributed by atoms with Crippen molar-refractivity contribution in [3.05, 3.63) is 34.6 Å². The fourth-order valence-corrected chi connectivity index (χ4v) is 1.85. The average molecular weight is 198 g/mol. The van der Waals surface area contributed by atoms with E-state index in [2.05, 4.69) is 4.99 Å². The van der Waals surface area contributed by atoms with Gasteiger partial charge >= 0.3 is 0 Å². The Bertz CT molecular complexity index is 329. The predicted octanol–water partition coefficient (Wildman–Crippen LogP) is 3.38. The van der Waals surface area contributed by atoms with E-state index in [1.54, 1.807) is 12.1 Å². The minimum absolute atomic E-state index is 0.0753. The minimum Gasteiger partial charge on any atom is -0.289 e. The third-order valence-electron chi connectivity index (χ3n) is 2.19. The fourth-order valence-electron chi connectivity index (χ4n) is 1.56. The summed E-state index contributed by atoms with van der Waals surface area (Å²) in [6.07, 6.45) is 3.60. The first-order chi connectivity index (χ1) is 6.29. The summed E-state index contributed by atoms with van der Waals surface area (Å²) in [6, 6.07) is 4.66. The van der Waals surface area contributed by atoms with Gasteiger partial charge < -0.3 is 0 Å². The van der Waals surface area contributed by atoms with E-state index in [0.717, 1.165) is 12.8 Å². The highest BCUT2D eigenvalue weighted by Crippen LogP contribution is 2.33. The lowest BCUT2D eigenvalue weighted by atomic mass is 10.0. The van der Waals surface area contributed by atoms with Crippen molar-refractivity contribution in [1.82, 2.24) is 0 Å². The molecule has 0 spiro atoms. The van der Waals surface area contributed by atoms with Crippen molar-refractivity contribution in [2.24, 2.45) is 4.99 Å². The van der Waals surface area contributed by atoms with Crippen LogP contribution in [0.15, 0.2) is 23.2 Å². The molecule has 1 atom stereocenters. The Kier molecular flexibility index (Phi) is 2.32. The maximum atomic E-state index is 13.3. The summed E-state index contributed by atoms with van der Waals surface area (Å²) in [5, 5.41) is 0.476. The van der Waals surface area contributed by atoms with Crippen LogP contribution in [0.25, 0.3) is 0 Å². The first-order valence-corrected chi connectivity index (χ1v) is 4.62. The summed E-state index contributed by atoms with van der Waals surface area (Å²) < 4.78 is 13.3. The van der Waals surface area contributed by atoms with Crippen LogP contribution in [0.3, 0.4) is 0 Å². The summed E-state index contributed by atoms with van der Waals surface area (Å²) >= 11 is 5.90. The van der Waals surface area contributed by atoms with Crippen LogP contribution in [-0.2, 0) is 0 Å². The Hall–Kier alpha value is -0.890. The van der Waals surface area contributed by atoms with Gasteiger partial charge in [0.25, 0.3) is 0 Å². The lowest BCUT2D eigenvalue weighted by Crippen LogP contribution is -1.96. The maximum absolute atomic E-state index is 13.3. The Morgan fingerprint density at radius 2 is 2.31 bits per heavy atom. The average Bonchev–Trinajstić information content (AvgIpc) is 2.57. The highest BCUT2D eigenvalue weighted by molar-refractivity contribution is 6.31. The maximum Gasteiger partial charge on any atom is 0.130 e. The molecule has 0 saturated heterocycles. The third kappa shape index (κ3) is 1.59. The zero-order valence-corrected chi connectivity index (χ0v) is 7.76. The lowest BCUT2D eigenvalue weighted by Gasteiger charge is -2.09. The first-order valence-electron chi connectivity index (χ1n) is 4.24. The van der Waals surface area contributed by atoms with Gasteiger partial charge in [0.15, 0.2) is 0 Å². The molecule has 0 bridgehead atoms. The van der Waals surface area contributed by atoms with Gasteiger partial charge in [-0.15, -0.1) is 0 Å². The summed E-state index contributed by atoms with van der Waals surface area (Å²) in [6.45, 7) is 0. The Morgan fingerprint density at radius 3 is 2.92 bits per heavy atom. The van der Waals surface area contributed by atoms with E-state index in [1.165, 1.54) is 6.07 Å². The molecule has 1 unspecified atom stereocenters. The van der Waals surface area contributed by atoms with Gasteiger partial charge in [0.05, 0.1) is 6.04 Å². The molecular formula is C10H9ClFN. The molecule has 1 heterocycles. The number of hydrogen-bond donors (Lipinski definition) is 0. The quantitative estimate of drug-likeness (QED) is 0.655. The van der Waals surface area contributed by atoms with Gasteiger partial charge in [-0.05, 0) is 31.2 Å². The smallest absolute Gasteiger partial charge is 0.130 e. The fraction of sp³-hybridized carbons (Fsp3) is 0.300. The summed E-state index contributed by atoms with van der Waals surface area (Å²) in [5.41, 5.74) is 0.540. The van der Waals surface area contributed by atoms with Crippen LogP contribution in [0.4, 0.5) is 4.39 Å². The molecular weight excluding hydrogens is 189 g/mol. The molecule has 0 aromatic heterocycles. The number of halogens is 2. The van der Waals surface area contributed by atoms with E-state index >= 15 is 0 Å². The van der Waals surface area contributed by atoms with E-state index in [1.807, 2.05) is 6.21 Å². The first kappa shape index (κ1) is 8.70. The van der Waals surface area contributed by atoms with Crippen molar-refractivity contribution in [3.8, 4) is 0 Å². The molecule has 1 aliphatic heterocycles. The van der Waals surface area contributed by atoms with Crippen molar-refractivity contribution >= 4 is 17.8 Å². The second-order valence-corrected chi connectivity index (χ2v) is 3.47. The van der Waals surface area contributed by atoms with Crippen molar-refractivity contribution in [2.75, 3.05) is 0 Å². The van der Waals surface area contributed by atoms with Crippen LogP contribution >= 0.6 is 11.6 Å². The highest BCUT2D eigenvalue weighted by Gasteiger charge is 2.19. The zero-order valence-electron chi connectivity index (χ0n) is 7.00. The molecule has 1 aliphatic rings. The molecule has 68 valence electrons. The molecule has 0 amide bonds. The van der Waals surface area contributed by atoms with Gasteiger partial charge in [0.2, 0.25) is 0 Å². The number of nitrogens with zero attached hydrogens (tertiary/aromatic N) is 1. The van der Waals surface area contributed by atoms with Crippen molar-refractivity contribution in [2.45, 2.75) is 18.9 Å². The summed E-state index contributed by atoms with van der Waals surface area (Å²) in [7, 11) is 0. The van der Waals surface area contributed by atoms with Gasteiger partial charge in [-0.2, -0.15) is 0 Å². The topological polar surface area (TPSA) is 12.4 Å². The second-order valence-electron chi connectivity index (χ2n) is 3.06. The second kappa shape index (κ2) is 3.46. The Balaban J connectivity index is 2.43. The van der Waals surface area contributed by atoms with E-state index in [9.17, 15) is 4.39 Å². The molecule has 0 saturated carbocycles. The molecule has 1 aromatic rings. The normalized spacial score (nSPS) is 20.9. The van der Waals surface area contributed by atoms with Crippen LogP contribution in [-0.4, -0.2) is 6.21 Å². The van der Waals surface area contributed by atoms with Crippen LogP contribution in [0, 0.1) is 5.82 Å². The largest absolute Gasteiger partial charge is 0.289 e. The number of hydrogen-bond acceptors (Lipinski definition) is 1. The van der Waals surface area contributed by atoms with E-state index in [-0.39, 0.29) is 11.9 Å². The van der Waals surface area contributed by atoms with Gasteiger partial charge in [-0.25, -0.2) is 4.39 Å². The van der Waals surface area contributed by atoms with Gasteiger partial charge in [-0.1, -0.05) is 17.7 Å². The van der Waals surface area contributed by atoms with E-state index in [4.69, 9.17) is 11.6 Å². The van der Waals surface area contributed by atoms with Crippen molar-refractivity contribution < 1.29 is 4.39 Å². The number of rotatable bonds is 1. The molecule has 2 rings (SSSR count). The monoisotopic (exact) mass is 197 g/mol. The summed E-state index contributed by atoms with van der Waals surface area (Å²) in [4.78, 5) is 4.18. The third-order valence-corrected chi connectivity index (χ3v) is 2.52. The highest BCUT2D eigenvalue weighted by atomic mass is 35.5. The van der Waals surface area contributed by atoms with Crippen molar-refractivity contribution in [3.63, 3.8) is 0 Å². The van der Waals surface area contributed by atoms with Gasteiger partial charge in [-0.3, -0.25) is 4.99 Å². The standard InChI is InChI=1S/C10H9ClFN/c11-7-3-1-4-8(12)10(7)9-5-2-6-13-9/h1,3-4,6,9H,2,5H2. The van der Waals surface area contributed by atoms with E-state index in [0.29, 0.717) is 10.6 Å². The molecule has 0 N–H and O–H groups in total. The van der Waals surface area contributed by atoms with Gasteiger partial charge in [0, 0.05) is 10.6 Å². The molecule has 0 radical (unpaired) electrons. The van der Waals surface area contributed by atoms with Crippen LogP contribution < -0.4 is 0 Å². The van der Waals surface area contributed by atoms with Crippen LogP contribution in [0.1, 0.15) is 24.4 Å². The number of benzene rings is 1. The molecule has 13 heavy (non-hydrogen) atoms. The Labute approximate surface area is 81.2 Å². The zero-order chi connectivity index (χ0) is 9.26. The summed E-state index contributed by atoms with van der Waals surface area (Å²) in [5.74, 6) is -0.253. The minimum atomic E-state index is -0.253. The Morgan fingerprint density at radius 1 is 1.46 bits per heavy atom. The predicted molar refractivity (Wildman–Crippen MR) is 51.9 cm³/mol. The molecule has 0 fully saturated rings. The molecule has 1 aromatic carbocycles. The SMILES string of the molecule is Fc1cccc(Cl)c1C1CCC=N1. The van der Waals surface area contributed by atoms with E-state index < -0.39 is 0 Å². The molecule has 1 nitrogen and oxygen atoms in total. The van der Waals surface area contributed by atoms with Crippen molar-refractivity contribution in [1.29, 1.82) is 0 Å². The lowest BCUT2D eigenvalue weighted by molar-refractivity contribution is 0.582. The van der Waals surface area contributed by atoms with Crippen LogP contribution in [0.2, 0.25) is 5.02 Å². The van der Waals surface area contributed by atoms with Gasteiger partial charge in [0.1, 0.15) is 5.82 Å². The molecule has 3 heteroatoms. The molecule has 0 aliphatic carbocycles.